The number of ether oxygens (including phenoxy) is 1. The summed E-state index contributed by atoms with van der Waals surface area (Å²) in [5, 5.41) is 3.08. The van der Waals surface area contributed by atoms with Gasteiger partial charge in [0.1, 0.15) is 11.9 Å². The Morgan fingerprint density at radius 2 is 2.42 bits per heavy atom. The fourth-order valence-corrected chi connectivity index (χ4v) is 2.53. The van der Waals surface area contributed by atoms with Crippen LogP contribution in [0, 0.1) is 5.82 Å². The monoisotopic (exact) mass is 330 g/mol. The molecule has 1 saturated heterocycles. The van der Waals surface area contributed by atoms with E-state index in [9.17, 15) is 9.18 Å². The van der Waals surface area contributed by atoms with Crippen LogP contribution in [0.2, 0.25) is 0 Å². The maximum Gasteiger partial charge on any atom is 0.239 e. The van der Waals surface area contributed by atoms with Crippen LogP contribution in [0.3, 0.4) is 0 Å². The molecular formula is C13H16BrFN2O2. The molecule has 1 heterocycles. The molecule has 0 aliphatic carbocycles. The topological polar surface area (TPSA) is 64.4 Å². The van der Waals surface area contributed by atoms with Crippen LogP contribution in [0.25, 0.3) is 0 Å². The fourth-order valence-electron chi connectivity index (χ4n) is 2.13. The number of primary amides is 1. The van der Waals surface area contributed by atoms with E-state index >= 15 is 0 Å². The van der Waals surface area contributed by atoms with E-state index < -0.39 is 11.9 Å². The maximum absolute atomic E-state index is 13.2. The highest BCUT2D eigenvalue weighted by Crippen LogP contribution is 2.22. The third-order valence-corrected chi connectivity index (χ3v) is 3.74. The molecular weight excluding hydrogens is 315 g/mol. The quantitative estimate of drug-likeness (QED) is 0.866. The number of halogens is 2. The van der Waals surface area contributed by atoms with Gasteiger partial charge in [-0.05, 0) is 46.5 Å². The number of hydrogen-bond acceptors (Lipinski definition) is 3. The van der Waals surface area contributed by atoms with Crippen molar-refractivity contribution in [3.05, 3.63) is 34.1 Å². The molecule has 2 rings (SSSR count). The average Bonchev–Trinajstić information content (AvgIpc) is 2.86. The zero-order valence-electron chi connectivity index (χ0n) is 10.4. The van der Waals surface area contributed by atoms with Crippen LogP contribution in [-0.2, 0) is 9.53 Å². The van der Waals surface area contributed by atoms with Crippen LogP contribution in [0.5, 0.6) is 0 Å². The summed E-state index contributed by atoms with van der Waals surface area (Å²) in [5.41, 5.74) is 6.03. The highest BCUT2D eigenvalue weighted by Gasteiger charge is 2.22. The Labute approximate surface area is 119 Å². The van der Waals surface area contributed by atoms with E-state index in [4.69, 9.17) is 10.5 Å². The molecule has 0 spiro atoms. The van der Waals surface area contributed by atoms with Crippen LogP contribution in [0.15, 0.2) is 22.7 Å². The summed E-state index contributed by atoms with van der Waals surface area (Å²) in [5.74, 6) is -0.859. The predicted molar refractivity (Wildman–Crippen MR) is 73.0 cm³/mol. The minimum atomic E-state index is -0.638. The Hall–Kier alpha value is -0.980. The molecule has 0 radical (unpaired) electrons. The van der Waals surface area contributed by atoms with Gasteiger partial charge in [0.15, 0.2) is 0 Å². The summed E-state index contributed by atoms with van der Waals surface area (Å²) < 4.78 is 19.0. The number of benzene rings is 1. The lowest BCUT2D eigenvalue weighted by Crippen LogP contribution is -2.37. The van der Waals surface area contributed by atoms with E-state index in [1.807, 2.05) is 0 Å². The number of nitrogens with one attached hydrogen (secondary N) is 1. The lowest BCUT2D eigenvalue weighted by molar-refractivity contribution is -0.120. The van der Waals surface area contributed by atoms with Crippen LogP contribution in [0.1, 0.15) is 24.4 Å². The standard InChI is InChI=1S/C13H16BrFN2O2/c14-10-6-8(3-4-11(10)15)12(13(16)18)17-7-9-2-1-5-19-9/h3-4,6,9,12,17H,1-2,5,7H2,(H2,16,18). The van der Waals surface area contributed by atoms with Crippen molar-refractivity contribution in [3.63, 3.8) is 0 Å². The highest BCUT2D eigenvalue weighted by molar-refractivity contribution is 9.10. The van der Waals surface area contributed by atoms with Gasteiger partial charge >= 0.3 is 0 Å². The van der Waals surface area contributed by atoms with Gasteiger partial charge in [0, 0.05) is 13.2 Å². The van der Waals surface area contributed by atoms with Crippen LogP contribution in [0.4, 0.5) is 4.39 Å². The molecule has 2 atom stereocenters. The first-order valence-electron chi connectivity index (χ1n) is 6.17. The van der Waals surface area contributed by atoms with Gasteiger partial charge in [0.2, 0.25) is 5.91 Å². The van der Waals surface area contributed by atoms with Gasteiger partial charge in [-0.15, -0.1) is 0 Å². The van der Waals surface area contributed by atoms with E-state index in [1.165, 1.54) is 6.07 Å². The molecule has 104 valence electrons. The van der Waals surface area contributed by atoms with Crippen molar-refractivity contribution in [2.24, 2.45) is 5.73 Å². The second-order valence-electron chi connectivity index (χ2n) is 4.55. The molecule has 2 unspecified atom stereocenters. The summed E-state index contributed by atoms with van der Waals surface area (Å²) in [6.07, 6.45) is 2.13. The number of rotatable bonds is 5. The molecule has 6 heteroatoms. The Bertz CT molecular complexity index is 464. The molecule has 0 aromatic heterocycles. The number of nitrogens with two attached hydrogens (primary N) is 1. The van der Waals surface area contributed by atoms with E-state index in [0.717, 1.165) is 19.4 Å². The summed E-state index contributed by atoms with van der Waals surface area (Å²) in [6.45, 7) is 1.32. The summed E-state index contributed by atoms with van der Waals surface area (Å²) in [6, 6.07) is 3.79. The average molecular weight is 331 g/mol. The molecule has 1 aliphatic rings. The van der Waals surface area contributed by atoms with Gasteiger partial charge in [-0.3, -0.25) is 10.1 Å². The minimum Gasteiger partial charge on any atom is -0.377 e. The largest absolute Gasteiger partial charge is 0.377 e. The molecule has 4 nitrogen and oxygen atoms in total. The number of hydrogen-bond donors (Lipinski definition) is 2. The minimum absolute atomic E-state index is 0.116. The Balaban J connectivity index is 2.05. The molecule has 0 saturated carbocycles. The van der Waals surface area contributed by atoms with E-state index in [1.54, 1.807) is 12.1 Å². The van der Waals surface area contributed by atoms with E-state index in [0.29, 0.717) is 16.6 Å². The van der Waals surface area contributed by atoms with Crippen molar-refractivity contribution in [2.75, 3.05) is 13.2 Å². The van der Waals surface area contributed by atoms with Crippen molar-refractivity contribution in [1.82, 2.24) is 5.32 Å². The first-order valence-corrected chi connectivity index (χ1v) is 6.96. The van der Waals surface area contributed by atoms with E-state index in [2.05, 4.69) is 21.2 Å². The molecule has 1 aromatic rings. The molecule has 1 aliphatic heterocycles. The summed E-state index contributed by atoms with van der Waals surface area (Å²) in [4.78, 5) is 11.5. The zero-order chi connectivity index (χ0) is 13.8. The number of carbonyl (C=O) groups excluding carboxylic acids is 1. The van der Waals surface area contributed by atoms with Crippen molar-refractivity contribution in [1.29, 1.82) is 0 Å². The normalized spacial score (nSPS) is 20.4. The highest BCUT2D eigenvalue weighted by atomic mass is 79.9. The first kappa shape index (κ1) is 14.4. The molecule has 1 amide bonds. The number of amides is 1. The molecule has 1 aromatic carbocycles. The molecule has 1 fully saturated rings. The second-order valence-corrected chi connectivity index (χ2v) is 5.41. The number of carbonyl (C=O) groups is 1. The van der Waals surface area contributed by atoms with Crippen LogP contribution >= 0.6 is 15.9 Å². The Kier molecular flexibility index (Phi) is 4.90. The molecule has 19 heavy (non-hydrogen) atoms. The second kappa shape index (κ2) is 6.45. The fraction of sp³-hybridized carbons (Fsp3) is 0.462. The van der Waals surface area contributed by atoms with Crippen molar-refractivity contribution < 1.29 is 13.9 Å². The van der Waals surface area contributed by atoms with Gasteiger partial charge in [-0.1, -0.05) is 6.07 Å². The molecule has 0 bridgehead atoms. The smallest absolute Gasteiger partial charge is 0.239 e. The summed E-state index contributed by atoms with van der Waals surface area (Å²) >= 11 is 3.10. The third kappa shape index (κ3) is 3.75. The van der Waals surface area contributed by atoms with Crippen LogP contribution in [-0.4, -0.2) is 25.2 Å². The third-order valence-electron chi connectivity index (χ3n) is 3.14. The van der Waals surface area contributed by atoms with Crippen molar-refractivity contribution in [3.8, 4) is 0 Å². The first-order chi connectivity index (χ1) is 9.08. The van der Waals surface area contributed by atoms with Gasteiger partial charge in [-0.25, -0.2) is 4.39 Å². The lowest BCUT2D eigenvalue weighted by atomic mass is 10.1. The van der Waals surface area contributed by atoms with Gasteiger partial charge in [-0.2, -0.15) is 0 Å². The Morgan fingerprint density at radius 3 is 3.00 bits per heavy atom. The van der Waals surface area contributed by atoms with Gasteiger partial charge in [0.05, 0.1) is 10.6 Å². The SMILES string of the molecule is NC(=O)C(NCC1CCCO1)c1ccc(F)c(Br)c1. The lowest BCUT2D eigenvalue weighted by Gasteiger charge is -2.18. The van der Waals surface area contributed by atoms with Gasteiger partial charge < -0.3 is 10.5 Å². The van der Waals surface area contributed by atoms with Crippen LogP contribution < -0.4 is 11.1 Å². The van der Waals surface area contributed by atoms with Crippen molar-refractivity contribution >= 4 is 21.8 Å². The van der Waals surface area contributed by atoms with Crippen molar-refractivity contribution in [2.45, 2.75) is 25.0 Å². The maximum atomic E-state index is 13.2. The van der Waals surface area contributed by atoms with Gasteiger partial charge in [0.25, 0.3) is 0 Å². The molecule has 3 N–H and O–H groups in total. The van der Waals surface area contributed by atoms with E-state index in [-0.39, 0.29) is 11.9 Å². The predicted octanol–water partition coefficient (Wildman–Crippen LogP) is 1.88. The zero-order valence-corrected chi connectivity index (χ0v) is 12.0. The summed E-state index contributed by atoms with van der Waals surface area (Å²) in [7, 11) is 0. The Morgan fingerprint density at radius 1 is 1.63 bits per heavy atom.